The van der Waals surface area contributed by atoms with Crippen molar-refractivity contribution in [2.24, 2.45) is 5.10 Å². The highest BCUT2D eigenvalue weighted by Crippen LogP contribution is 2.25. The number of amides is 2. The molecule has 0 aromatic heterocycles. The first-order valence-electron chi connectivity index (χ1n) is 7.57. The molecule has 2 N–H and O–H groups in total. The Morgan fingerprint density at radius 3 is 3.00 bits per heavy atom. The molecule has 0 bridgehead atoms. The molecule has 0 radical (unpaired) electrons. The van der Waals surface area contributed by atoms with Crippen LogP contribution in [0.1, 0.15) is 31.2 Å². The number of nitrogens with one attached hydrogen (secondary N) is 1. The molecule has 1 saturated heterocycles. The number of hydrazone groups is 1. The SMILES string of the molecule is COc1ccc(/C=N\NC(=O)CN2CCCCCC2=O)cc1O. The van der Waals surface area contributed by atoms with Crippen molar-refractivity contribution in [1.29, 1.82) is 0 Å². The van der Waals surface area contributed by atoms with E-state index in [-0.39, 0.29) is 24.1 Å². The van der Waals surface area contributed by atoms with Crippen molar-refractivity contribution < 1.29 is 19.4 Å². The number of ether oxygens (including phenoxy) is 1. The van der Waals surface area contributed by atoms with Gasteiger partial charge in [0, 0.05) is 13.0 Å². The number of phenolic OH excluding ortho intramolecular Hbond substituents is 1. The largest absolute Gasteiger partial charge is 0.504 e. The standard InChI is InChI=1S/C16H21N3O4/c1-23-14-7-6-12(9-13(14)20)10-17-18-15(21)11-19-8-4-2-3-5-16(19)22/h6-7,9-10,20H,2-5,8,11H2,1H3,(H,18,21)/b17-10-. The maximum absolute atomic E-state index is 11.8. The average Bonchev–Trinajstić information content (AvgIpc) is 2.72. The maximum Gasteiger partial charge on any atom is 0.259 e. The Morgan fingerprint density at radius 2 is 2.26 bits per heavy atom. The van der Waals surface area contributed by atoms with E-state index in [9.17, 15) is 14.7 Å². The Morgan fingerprint density at radius 1 is 1.43 bits per heavy atom. The summed E-state index contributed by atoms with van der Waals surface area (Å²) in [6, 6.07) is 4.79. The van der Waals surface area contributed by atoms with Crippen LogP contribution in [0.5, 0.6) is 11.5 Å². The molecular formula is C16H21N3O4. The molecule has 1 aromatic carbocycles. The summed E-state index contributed by atoms with van der Waals surface area (Å²) in [5.74, 6) is 0.0414. The van der Waals surface area contributed by atoms with Crippen LogP contribution in [-0.2, 0) is 9.59 Å². The molecule has 0 spiro atoms. The van der Waals surface area contributed by atoms with Crippen LogP contribution in [-0.4, -0.2) is 48.2 Å². The van der Waals surface area contributed by atoms with E-state index in [1.54, 1.807) is 17.0 Å². The molecular weight excluding hydrogens is 298 g/mol. The lowest BCUT2D eigenvalue weighted by atomic mass is 10.2. The summed E-state index contributed by atoms with van der Waals surface area (Å²) in [6.45, 7) is 0.631. The van der Waals surface area contributed by atoms with E-state index in [0.717, 1.165) is 19.3 Å². The van der Waals surface area contributed by atoms with E-state index < -0.39 is 0 Å². The van der Waals surface area contributed by atoms with Gasteiger partial charge in [-0.15, -0.1) is 0 Å². The predicted octanol–water partition coefficient (Wildman–Crippen LogP) is 1.25. The van der Waals surface area contributed by atoms with Crippen LogP contribution in [0, 0.1) is 0 Å². The number of carbonyl (C=O) groups excluding carboxylic acids is 2. The number of phenols is 1. The molecule has 1 aliphatic rings. The lowest BCUT2D eigenvalue weighted by Crippen LogP contribution is -2.39. The summed E-state index contributed by atoms with van der Waals surface area (Å²) >= 11 is 0. The van der Waals surface area contributed by atoms with Crippen molar-refractivity contribution in [1.82, 2.24) is 10.3 Å². The Labute approximate surface area is 134 Å². The summed E-state index contributed by atoms with van der Waals surface area (Å²) in [5, 5.41) is 13.5. The van der Waals surface area contributed by atoms with Crippen LogP contribution in [0.15, 0.2) is 23.3 Å². The van der Waals surface area contributed by atoms with Gasteiger partial charge in [-0.25, -0.2) is 5.43 Å². The summed E-state index contributed by atoms with van der Waals surface area (Å²) in [5.41, 5.74) is 3.01. The third-order valence-corrected chi connectivity index (χ3v) is 3.61. The second-order valence-corrected chi connectivity index (χ2v) is 5.35. The van der Waals surface area contributed by atoms with Crippen molar-refractivity contribution >= 4 is 18.0 Å². The van der Waals surface area contributed by atoms with Gasteiger partial charge in [-0.1, -0.05) is 6.42 Å². The topological polar surface area (TPSA) is 91.2 Å². The molecule has 7 heteroatoms. The average molecular weight is 319 g/mol. The molecule has 2 amide bonds. The Bertz CT molecular complexity index is 601. The molecule has 0 unspecified atom stereocenters. The molecule has 0 atom stereocenters. The van der Waals surface area contributed by atoms with Gasteiger partial charge >= 0.3 is 0 Å². The first kappa shape index (κ1) is 16.8. The van der Waals surface area contributed by atoms with Gasteiger partial charge in [-0.05, 0) is 36.6 Å². The monoisotopic (exact) mass is 319 g/mol. The number of benzene rings is 1. The quantitative estimate of drug-likeness (QED) is 0.631. The number of likely N-dealkylation sites (tertiary alicyclic amines) is 1. The zero-order valence-corrected chi connectivity index (χ0v) is 13.1. The number of nitrogens with zero attached hydrogens (tertiary/aromatic N) is 2. The van der Waals surface area contributed by atoms with Gasteiger partial charge in [0.25, 0.3) is 5.91 Å². The summed E-state index contributed by atoms with van der Waals surface area (Å²) in [7, 11) is 1.47. The molecule has 1 fully saturated rings. The highest BCUT2D eigenvalue weighted by atomic mass is 16.5. The highest BCUT2D eigenvalue weighted by Gasteiger charge is 2.18. The predicted molar refractivity (Wildman–Crippen MR) is 85.4 cm³/mol. The number of hydrogen-bond donors (Lipinski definition) is 2. The molecule has 1 aromatic rings. The second kappa shape index (κ2) is 8.17. The Kier molecular flexibility index (Phi) is 5.96. The normalized spacial score (nSPS) is 15.5. The van der Waals surface area contributed by atoms with E-state index in [0.29, 0.717) is 24.3 Å². The molecule has 2 rings (SSSR count). The number of carbonyl (C=O) groups is 2. The van der Waals surface area contributed by atoms with Crippen molar-refractivity contribution in [2.45, 2.75) is 25.7 Å². The minimum Gasteiger partial charge on any atom is -0.504 e. The third-order valence-electron chi connectivity index (χ3n) is 3.61. The fraction of sp³-hybridized carbons (Fsp3) is 0.438. The van der Waals surface area contributed by atoms with Crippen LogP contribution >= 0.6 is 0 Å². The van der Waals surface area contributed by atoms with Crippen molar-refractivity contribution in [2.75, 3.05) is 20.2 Å². The zero-order chi connectivity index (χ0) is 16.7. The van der Waals surface area contributed by atoms with E-state index in [2.05, 4.69) is 10.5 Å². The molecule has 23 heavy (non-hydrogen) atoms. The third kappa shape index (κ3) is 4.98. The van der Waals surface area contributed by atoms with Gasteiger partial charge < -0.3 is 14.7 Å². The zero-order valence-electron chi connectivity index (χ0n) is 13.1. The van der Waals surface area contributed by atoms with E-state index in [1.807, 2.05) is 0 Å². The number of rotatable bonds is 5. The fourth-order valence-corrected chi connectivity index (χ4v) is 2.38. The van der Waals surface area contributed by atoms with Gasteiger partial charge in [0.05, 0.1) is 13.3 Å². The highest BCUT2D eigenvalue weighted by molar-refractivity contribution is 5.86. The number of hydrogen-bond acceptors (Lipinski definition) is 5. The van der Waals surface area contributed by atoms with Crippen LogP contribution in [0.3, 0.4) is 0 Å². The van der Waals surface area contributed by atoms with Crippen molar-refractivity contribution in [3.05, 3.63) is 23.8 Å². The van der Waals surface area contributed by atoms with Crippen LogP contribution in [0.25, 0.3) is 0 Å². The Balaban J connectivity index is 1.85. The lowest BCUT2D eigenvalue weighted by molar-refractivity contribution is -0.135. The van der Waals surface area contributed by atoms with E-state index in [4.69, 9.17) is 4.74 Å². The van der Waals surface area contributed by atoms with Crippen LogP contribution in [0.4, 0.5) is 0 Å². The molecule has 0 saturated carbocycles. The van der Waals surface area contributed by atoms with Crippen LogP contribution < -0.4 is 10.2 Å². The van der Waals surface area contributed by atoms with Crippen molar-refractivity contribution in [3.8, 4) is 11.5 Å². The molecule has 124 valence electrons. The maximum atomic E-state index is 11.8. The summed E-state index contributed by atoms with van der Waals surface area (Å²) in [6.07, 6.45) is 4.75. The van der Waals surface area contributed by atoms with Crippen molar-refractivity contribution in [3.63, 3.8) is 0 Å². The van der Waals surface area contributed by atoms with Gasteiger partial charge in [-0.2, -0.15) is 5.10 Å². The second-order valence-electron chi connectivity index (χ2n) is 5.35. The molecule has 7 nitrogen and oxygen atoms in total. The lowest BCUT2D eigenvalue weighted by Gasteiger charge is -2.18. The first-order valence-corrected chi connectivity index (χ1v) is 7.57. The van der Waals surface area contributed by atoms with Crippen LogP contribution in [0.2, 0.25) is 0 Å². The van der Waals surface area contributed by atoms with Gasteiger partial charge in [-0.3, -0.25) is 9.59 Å². The summed E-state index contributed by atoms with van der Waals surface area (Å²) < 4.78 is 4.95. The summed E-state index contributed by atoms with van der Waals surface area (Å²) in [4.78, 5) is 25.2. The van der Waals surface area contributed by atoms with Gasteiger partial charge in [0.2, 0.25) is 5.91 Å². The number of methoxy groups -OCH3 is 1. The van der Waals surface area contributed by atoms with E-state index >= 15 is 0 Å². The molecule has 0 aliphatic carbocycles. The molecule has 1 aliphatic heterocycles. The Hall–Kier alpha value is -2.57. The fourth-order valence-electron chi connectivity index (χ4n) is 2.38. The number of aromatic hydroxyl groups is 1. The van der Waals surface area contributed by atoms with Gasteiger partial charge in [0.15, 0.2) is 11.5 Å². The van der Waals surface area contributed by atoms with E-state index in [1.165, 1.54) is 19.4 Å². The molecule has 1 heterocycles. The van der Waals surface area contributed by atoms with Gasteiger partial charge in [0.1, 0.15) is 6.54 Å². The smallest absolute Gasteiger partial charge is 0.259 e. The first-order chi connectivity index (χ1) is 11.1. The minimum atomic E-state index is -0.339. The minimum absolute atomic E-state index is 0.00191.